The highest BCUT2D eigenvalue weighted by Crippen LogP contribution is 2.31. The Morgan fingerprint density at radius 3 is 2.22 bits per heavy atom. The molecule has 0 unspecified atom stereocenters. The van der Waals surface area contributed by atoms with E-state index < -0.39 is 0 Å². The molecule has 2 atom stereocenters. The lowest BCUT2D eigenvalue weighted by Crippen LogP contribution is -2.60. The highest BCUT2D eigenvalue weighted by atomic mass is 16.2. The van der Waals surface area contributed by atoms with Gasteiger partial charge in [0.25, 0.3) is 0 Å². The van der Waals surface area contributed by atoms with Gasteiger partial charge in [0.2, 0.25) is 11.8 Å². The lowest BCUT2D eigenvalue weighted by molar-refractivity contribution is -0.154. The fourth-order valence-electron chi connectivity index (χ4n) is 3.87. The van der Waals surface area contributed by atoms with E-state index >= 15 is 0 Å². The molecule has 3 rings (SSSR count). The van der Waals surface area contributed by atoms with E-state index in [2.05, 4.69) is 4.90 Å². The van der Waals surface area contributed by atoms with Crippen LogP contribution in [0.4, 0.5) is 0 Å². The Kier molecular flexibility index (Phi) is 3.37. The predicted octanol–water partition coefficient (Wildman–Crippen LogP) is 1.54. The first-order valence-corrected chi connectivity index (χ1v) is 7.36. The molecule has 0 aromatic heterocycles. The van der Waals surface area contributed by atoms with Gasteiger partial charge >= 0.3 is 0 Å². The van der Waals surface area contributed by atoms with Crippen molar-refractivity contribution in [1.29, 1.82) is 0 Å². The number of hydrogen-bond donors (Lipinski definition) is 0. The summed E-state index contributed by atoms with van der Waals surface area (Å²) in [7, 11) is 0. The molecule has 4 heteroatoms. The molecule has 3 fully saturated rings. The first kappa shape index (κ1) is 12.2. The SMILES string of the molecule is O=C1CCCC(=O)N1[C@H]1CCCN2CCCC[C@@H]12. The number of piperidine rings is 3. The Morgan fingerprint density at radius 1 is 0.778 bits per heavy atom. The normalized spacial score (nSPS) is 34.6. The molecule has 0 radical (unpaired) electrons. The van der Waals surface area contributed by atoms with Crippen molar-refractivity contribution in [3.8, 4) is 0 Å². The standard InChI is InChI=1S/C14H22N2O2/c17-13-7-3-8-14(18)16(13)12-6-4-10-15-9-2-1-5-11(12)15/h11-12H,1-10H2/t11-,12-/m0/s1. The molecule has 0 spiro atoms. The van der Waals surface area contributed by atoms with Crippen molar-refractivity contribution in [2.75, 3.05) is 13.1 Å². The molecule has 0 aliphatic carbocycles. The number of likely N-dealkylation sites (tertiary alicyclic amines) is 1. The van der Waals surface area contributed by atoms with Gasteiger partial charge in [-0.05, 0) is 45.2 Å². The molecule has 4 nitrogen and oxygen atoms in total. The van der Waals surface area contributed by atoms with Crippen molar-refractivity contribution in [3.05, 3.63) is 0 Å². The Bertz CT molecular complexity index is 338. The van der Waals surface area contributed by atoms with E-state index in [-0.39, 0.29) is 17.9 Å². The second-order valence-corrected chi connectivity index (χ2v) is 5.82. The summed E-state index contributed by atoms with van der Waals surface area (Å²) in [5.41, 5.74) is 0. The third-order valence-corrected chi connectivity index (χ3v) is 4.70. The average molecular weight is 250 g/mol. The van der Waals surface area contributed by atoms with Crippen molar-refractivity contribution < 1.29 is 9.59 Å². The smallest absolute Gasteiger partial charge is 0.229 e. The first-order chi connectivity index (χ1) is 8.77. The lowest BCUT2D eigenvalue weighted by Gasteiger charge is -2.48. The summed E-state index contributed by atoms with van der Waals surface area (Å²) in [6, 6.07) is 0.609. The minimum Gasteiger partial charge on any atom is -0.298 e. The number of imide groups is 1. The Labute approximate surface area is 108 Å². The predicted molar refractivity (Wildman–Crippen MR) is 67.9 cm³/mol. The Hall–Kier alpha value is -0.900. The Morgan fingerprint density at radius 2 is 1.44 bits per heavy atom. The molecule has 0 aromatic carbocycles. The van der Waals surface area contributed by atoms with Gasteiger partial charge in [0.15, 0.2) is 0 Å². The summed E-state index contributed by atoms with van der Waals surface area (Å²) < 4.78 is 0. The van der Waals surface area contributed by atoms with Crippen molar-refractivity contribution in [2.45, 2.75) is 63.5 Å². The van der Waals surface area contributed by atoms with Crippen molar-refractivity contribution in [2.24, 2.45) is 0 Å². The summed E-state index contributed by atoms with van der Waals surface area (Å²) in [5.74, 6) is 0.146. The molecule has 3 heterocycles. The maximum Gasteiger partial charge on any atom is 0.229 e. The van der Waals surface area contributed by atoms with Crippen molar-refractivity contribution in [3.63, 3.8) is 0 Å². The van der Waals surface area contributed by atoms with Crippen LogP contribution in [0.15, 0.2) is 0 Å². The highest BCUT2D eigenvalue weighted by Gasteiger charge is 2.41. The van der Waals surface area contributed by atoms with Crippen LogP contribution in [0.25, 0.3) is 0 Å². The van der Waals surface area contributed by atoms with Gasteiger partial charge in [-0.25, -0.2) is 0 Å². The molecular weight excluding hydrogens is 228 g/mol. The summed E-state index contributed by atoms with van der Waals surface area (Å²) in [4.78, 5) is 28.3. The van der Waals surface area contributed by atoms with Gasteiger partial charge in [-0.3, -0.25) is 19.4 Å². The number of nitrogens with zero attached hydrogens (tertiary/aromatic N) is 2. The van der Waals surface area contributed by atoms with Crippen LogP contribution in [0.1, 0.15) is 51.4 Å². The monoisotopic (exact) mass is 250 g/mol. The second-order valence-electron chi connectivity index (χ2n) is 5.82. The zero-order valence-electron chi connectivity index (χ0n) is 10.9. The molecule has 0 N–H and O–H groups in total. The number of amides is 2. The van der Waals surface area contributed by atoms with Gasteiger partial charge < -0.3 is 0 Å². The van der Waals surface area contributed by atoms with E-state index in [0.29, 0.717) is 18.9 Å². The van der Waals surface area contributed by atoms with Crippen LogP contribution in [-0.2, 0) is 9.59 Å². The zero-order valence-corrected chi connectivity index (χ0v) is 10.9. The van der Waals surface area contributed by atoms with E-state index in [1.54, 1.807) is 4.90 Å². The molecule has 3 saturated heterocycles. The van der Waals surface area contributed by atoms with E-state index in [9.17, 15) is 9.59 Å². The van der Waals surface area contributed by atoms with E-state index in [4.69, 9.17) is 0 Å². The quantitative estimate of drug-likeness (QED) is 0.663. The lowest BCUT2D eigenvalue weighted by atomic mass is 9.86. The number of carbonyl (C=O) groups is 2. The topological polar surface area (TPSA) is 40.6 Å². The number of fused-ring (bicyclic) bond motifs is 1. The summed E-state index contributed by atoms with van der Waals surface area (Å²) in [5, 5.41) is 0. The molecule has 3 aliphatic heterocycles. The Balaban J connectivity index is 1.80. The molecule has 0 aromatic rings. The highest BCUT2D eigenvalue weighted by molar-refractivity contribution is 5.98. The van der Waals surface area contributed by atoms with Crippen molar-refractivity contribution in [1.82, 2.24) is 9.80 Å². The van der Waals surface area contributed by atoms with Gasteiger partial charge in [-0.2, -0.15) is 0 Å². The van der Waals surface area contributed by atoms with Crippen LogP contribution in [0.5, 0.6) is 0 Å². The van der Waals surface area contributed by atoms with Crippen LogP contribution >= 0.6 is 0 Å². The van der Waals surface area contributed by atoms with Crippen LogP contribution in [-0.4, -0.2) is 46.8 Å². The molecule has 2 amide bonds. The van der Waals surface area contributed by atoms with Gasteiger partial charge in [0, 0.05) is 18.9 Å². The van der Waals surface area contributed by atoms with Gasteiger partial charge in [0.05, 0.1) is 6.04 Å². The zero-order chi connectivity index (χ0) is 12.5. The molecule has 0 saturated carbocycles. The van der Waals surface area contributed by atoms with E-state index in [0.717, 1.165) is 38.8 Å². The molecule has 100 valence electrons. The molecule has 3 aliphatic rings. The van der Waals surface area contributed by atoms with Gasteiger partial charge in [-0.15, -0.1) is 0 Å². The average Bonchev–Trinajstić information content (AvgIpc) is 2.39. The van der Waals surface area contributed by atoms with Crippen molar-refractivity contribution >= 4 is 11.8 Å². The maximum atomic E-state index is 12.1. The summed E-state index contributed by atoms with van der Waals surface area (Å²) in [6.07, 6.45) is 7.68. The largest absolute Gasteiger partial charge is 0.298 e. The maximum absolute atomic E-state index is 12.1. The van der Waals surface area contributed by atoms with E-state index in [1.165, 1.54) is 12.8 Å². The first-order valence-electron chi connectivity index (χ1n) is 7.36. The fourth-order valence-corrected chi connectivity index (χ4v) is 3.87. The summed E-state index contributed by atoms with van der Waals surface area (Å²) >= 11 is 0. The number of hydrogen-bond acceptors (Lipinski definition) is 3. The third-order valence-electron chi connectivity index (χ3n) is 4.70. The molecule has 0 bridgehead atoms. The second kappa shape index (κ2) is 5.00. The minimum absolute atomic E-state index is 0.0728. The summed E-state index contributed by atoms with van der Waals surface area (Å²) in [6.45, 7) is 2.30. The number of carbonyl (C=O) groups excluding carboxylic acids is 2. The van der Waals surface area contributed by atoms with Crippen LogP contribution in [0, 0.1) is 0 Å². The molecular formula is C14H22N2O2. The minimum atomic E-state index is 0.0728. The van der Waals surface area contributed by atoms with Crippen LogP contribution < -0.4 is 0 Å². The molecule has 18 heavy (non-hydrogen) atoms. The van der Waals surface area contributed by atoms with Gasteiger partial charge in [0.1, 0.15) is 0 Å². The third kappa shape index (κ3) is 2.07. The van der Waals surface area contributed by atoms with Crippen LogP contribution in [0.3, 0.4) is 0 Å². The number of rotatable bonds is 1. The van der Waals surface area contributed by atoms with Gasteiger partial charge in [-0.1, -0.05) is 6.42 Å². The van der Waals surface area contributed by atoms with Crippen LogP contribution in [0.2, 0.25) is 0 Å². The fraction of sp³-hybridized carbons (Fsp3) is 0.857. The van der Waals surface area contributed by atoms with E-state index in [1.807, 2.05) is 0 Å².